The fourth-order valence-corrected chi connectivity index (χ4v) is 1.43. The summed E-state index contributed by atoms with van der Waals surface area (Å²) in [6.07, 6.45) is 0. The van der Waals surface area contributed by atoms with Crippen LogP contribution in [0.25, 0.3) is 0 Å². The first-order chi connectivity index (χ1) is 8.11. The maximum atomic E-state index is 8.92. The Morgan fingerprint density at radius 3 is 2.35 bits per heavy atom. The second-order valence-electron chi connectivity index (χ2n) is 4.78. The van der Waals surface area contributed by atoms with Crippen LogP contribution in [0.5, 0.6) is 5.75 Å². The maximum absolute atomic E-state index is 8.92. The lowest BCUT2D eigenvalue weighted by atomic mass is 10.2. The van der Waals surface area contributed by atoms with Crippen LogP contribution in [-0.4, -0.2) is 24.3 Å². The molecular formula is C14H23NO2. The van der Waals surface area contributed by atoms with Crippen molar-refractivity contribution in [1.82, 2.24) is 5.32 Å². The summed E-state index contributed by atoms with van der Waals surface area (Å²) in [5.41, 5.74) is 0.909. The van der Waals surface area contributed by atoms with Gasteiger partial charge in [0.05, 0.1) is 13.2 Å². The molecule has 0 aliphatic heterocycles. The molecule has 0 aromatic heterocycles. The monoisotopic (exact) mass is 237 g/mol. The van der Waals surface area contributed by atoms with Crippen LogP contribution in [0.4, 0.5) is 0 Å². The van der Waals surface area contributed by atoms with Crippen molar-refractivity contribution in [3.05, 3.63) is 29.8 Å². The Bertz CT molecular complexity index is 309. The number of rotatable bonds is 7. The van der Waals surface area contributed by atoms with Gasteiger partial charge < -0.3 is 15.2 Å². The molecule has 1 unspecified atom stereocenters. The highest BCUT2D eigenvalue weighted by molar-refractivity contribution is 5.26. The first-order valence-corrected chi connectivity index (χ1v) is 6.17. The topological polar surface area (TPSA) is 41.5 Å². The molecule has 0 amide bonds. The average molecular weight is 237 g/mol. The zero-order valence-electron chi connectivity index (χ0n) is 10.9. The smallest absolute Gasteiger partial charge is 0.119 e. The van der Waals surface area contributed by atoms with Crippen LogP contribution in [0, 0.1) is 5.92 Å². The highest BCUT2D eigenvalue weighted by atomic mass is 16.5. The van der Waals surface area contributed by atoms with E-state index in [1.54, 1.807) is 0 Å². The second-order valence-corrected chi connectivity index (χ2v) is 4.78. The molecule has 0 heterocycles. The Morgan fingerprint density at radius 1 is 1.18 bits per heavy atom. The fraction of sp³-hybridized carbons (Fsp3) is 0.571. The Morgan fingerprint density at radius 2 is 1.82 bits per heavy atom. The van der Waals surface area contributed by atoms with Gasteiger partial charge in [-0.2, -0.15) is 0 Å². The third kappa shape index (κ3) is 5.71. The Balaban J connectivity index is 2.29. The third-order valence-corrected chi connectivity index (χ3v) is 2.52. The number of aliphatic hydroxyl groups excluding tert-OH is 1. The summed E-state index contributed by atoms with van der Waals surface area (Å²) in [6.45, 7) is 8.19. The van der Waals surface area contributed by atoms with E-state index in [1.807, 2.05) is 24.3 Å². The van der Waals surface area contributed by atoms with Crippen molar-refractivity contribution in [3.63, 3.8) is 0 Å². The van der Waals surface area contributed by atoms with Gasteiger partial charge in [-0.25, -0.2) is 0 Å². The van der Waals surface area contributed by atoms with Gasteiger partial charge in [-0.1, -0.05) is 32.9 Å². The third-order valence-electron chi connectivity index (χ3n) is 2.52. The van der Waals surface area contributed by atoms with Crippen molar-refractivity contribution in [2.24, 2.45) is 5.92 Å². The van der Waals surface area contributed by atoms with Gasteiger partial charge in [0, 0.05) is 18.5 Å². The molecule has 96 valence electrons. The van der Waals surface area contributed by atoms with Crippen LogP contribution in [-0.2, 0) is 6.61 Å². The summed E-state index contributed by atoms with van der Waals surface area (Å²) in [6, 6.07) is 8.07. The highest BCUT2D eigenvalue weighted by Gasteiger charge is 2.04. The molecule has 3 nitrogen and oxygen atoms in total. The van der Waals surface area contributed by atoms with Gasteiger partial charge in [-0.05, 0) is 17.7 Å². The molecule has 17 heavy (non-hydrogen) atoms. The minimum Gasteiger partial charge on any atom is -0.493 e. The molecule has 0 saturated heterocycles. The van der Waals surface area contributed by atoms with Gasteiger partial charge in [0.25, 0.3) is 0 Å². The molecular weight excluding hydrogens is 214 g/mol. The van der Waals surface area contributed by atoms with Gasteiger partial charge >= 0.3 is 0 Å². The Hall–Kier alpha value is -1.06. The lowest BCUT2D eigenvalue weighted by Crippen LogP contribution is -2.30. The second kappa shape index (κ2) is 7.30. The summed E-state index contributed by atoms with van der Waals surface area (Å²) in [5.74, 6) is 1.34. The first-order valence-electron chi connectivity index (χ1n) is 6.17. The SMILES string of the molecule is CC(CNC(C)C)COc1ccc(CO)cc1. The number of hydrogen-bond acceptors (Lipinski definition) is 3. The van der Waals surface area contributed by atoms with Crippen LogP contribution >= 0.6 is 0 Å². The van der Waals surface area contributed by atoms with Crippen LogP contribution in [0.2, 0.25) is 0 Å². The largest absolute Gasteiger partial charge is 0.493 e. The molecule has 0 radical (unpaired) electrons. The standard InChI is InChI=1S/C14H23NO2/c1-11(2)15-8-12(3)10-17-14-6-4-13(9-16)5-7-14/h4-7,11-12,15-16H,8-10H2,1-3H3. The summed E-state index contributed by atoms with van der Waals surface area (Å²) in [7, 11) is 0. The Kier molecular flexibility index (Phi) is 6.01. The van der Waals surface area contributed by atoms with Crippen molar-refractivity contribution in [2.45, 2.75) is 33.4 Å². The van der Waals surface area contributed by atoms with Gasteiger partial charge in [-0.3, -0.25) is 0 Å². The molecule has 0 fully saturated rings. The molecule has 3 heteroatoms. The van der Waals surface area contributed by atoms with Crippen molar-refractivity contribution in [1.29, 1.82) is 0 Å². The zero-order chi connectivity index (χ0) is 12.7. The van der Waals surface area contributed by atoms with Crippen LogP contribution < -0.4 is 10.1 Å². The summed E-state index contributed by atoms with van der Waals surface area (Å²) < 4.78 is 5.68. The minimum absolute atomic E-state index is 0.0784. The molecule has 0 saturated carbocycles. The van der Waals surface area contributed by atoms with Gasteiger partial charge in [0.15, 0.2) is 0 Å². The van der Waals surface area contributed by atoms with Gasteiger partial charge in [0.1, 0.15) is 5.75 Å². The summed E-state index contributed by atoms with van der Waals surface area (Å²) >= 11 is 0. The lowest BCUT2D eigenvalue weighted by molar-refractivity contribution is 0.252. The molecule has 0 spiro atoms. The van der Waals surface area contributed by atoms with Crippen molar-refractivity contribution < 1.29 is 9.84 Å². The molecule has 2 N–H and O–H groups in total. The van der Waals surface area contributed by atoms with E-state index in [0.29, 0.717) is 18.6 Å². The van der Waals surface area contributed by atoms with E-state index in [4.69, 9.17) is 9.84 Å². The van der Waals surface area contributed by atoms with E-state index >= 15 is 0 Å². The first kappa shape index (κ1) is 14.0. The van der Waals surface area contributed by atoms with E-state index in [-0.39, 0.29) is 6.61 Å². The number of hydrogen-bond donors (Lipinski definition) is 2. The normalized spacial score (nSPS) is 12.8. The van der Waals surface area contributed by atoms with Crippen LogP contribution in [0.3, 0.4) is 0 Å². The predicted octanol–water partition coefficient (Wildman–Crippen LogP) is 2.19. The minimum atomic E-state index is 0.0784. The van der Waals surface area contributed by atoms with Crippen molar-refractivity contribution >= 4 is 0 Å². The number of benzene rings is 1. The molecule has 0 bridgehead atoms. The van der Waals surface area contributed by atoms with Gasteiger partial charge in [-0.15, -0.1) is 0 Å². The Labute approximate surface area is 104 Å². The van der Waals surface area contributed by atoms with E-state index in [9.17, 15) is 0 Å². The average Bonchev–Trinajstić information content (AvgIpc) is 2.34. The predicted molar refractivity (Wildman–Crippen MR) is 70.2 cm³/mol. The number of aliphatic hydroxyl groups is 1. The van der Waals surface area contributed by atoms with Crippen LogP contribution in [0.15, 0.2) is 24.3 Å². The van der Waals surface area contributed by atoms with Crippen LogP contribution in [0.1, 0.15) is 26.3 Å². The summed E-state index contributed by atoms with van der Waals surface area (Å²) in [4.78, 5) is 0. The van der Waals surface area contributed by atoms with E-state index in [1.165, 1.54) is 0 Å². The van der Waals surface area contributed by atoms with Crippen molar-refractivity contribution in [3.8, 4) is 5.75 Å². The van der Waals surface area contributed by atoms with E-state index in [0.717, 1.165) is 17.9 Å². The van der Waals surface area contributed by atoms with Crippen molar-refractivity contribution in [2.75, 3.05) is 13.2 Å². The van der Waals surface area contributed by atoms with Gasteiger partial charge in [0.2, 0.25) is 0 Å². The maximum Gasteiger partial charge on any atom is 0.119 e. The fourth-order valence-electron chi connectivity index (χ4n) is 1.43. The van der Waals surface area contributed by atoms with E-state index in [2.05, 4.69) is 26.1 Å². The molecule has 1 atom stereocenters. The molecule has 0 aliphatic carbocycles. The number of ether oxygens (including phenoxy) is 1. The molecule has 1 aromatic carbocycles. The summed E-state index contributed by atoms with van der Waals surface area (Å²) in [5, 5.41) is 12.3. The molecule has 1 aromatic rings. The molecule has 1 rings (SSSR count). The zero-order valence-corrected chi connectivity index (χ0v) is 10.9. The molecule has 0 aliphatic rings. The van der Waals surface area contributed by atoms with E-state index < -0.39 is 0 Å². The lowest BCUT2D eigenvalue weighted by Gasteiger charge is -2.15. The number of nitrogens with one attached hydrogen (secondary N) is 1. The highest BCUT2D eigenvalue weighted by Crippen LogP contribution is 2.13. The quantitative estimate of drug-likeness (QED) is 0.764.